The molecule has 0 radical (unpaired) electrons. The van der Waals surface area contributed by atoms with Crippen LogP contribution in [0.2, 0.25) is 0 Å². The molecule has 6 nitrogen and oxygen atoms in total. The largest absolute Gasteiger partial charge is 0.442 e. The first-order chi connectivity index (χ1) is 14.3. The molecule has 0 aliphatic carbocycles. The Morgan fingerprint density at radius 3 is 2.43 bits per heavy atom. The van der Waals surface area contributed by atoms with Crippen molar-refractivity contribution in [3.05, 3.63) is 23.8 Å². The van der Waals surface area contributed by atoms with Crippen LogP contribution >= 0.6 is 12.2 Å². The van der Waals surface area contributed by atoms with Gasteiger partial charge in [0.05, 0.1) is 23.8 Å². The van der Waals surface area contributed by atoms with Gasteiger partial charge in [0, 0.05) is 50.8 Å². The number of anilines is 2. The Morgan fingerprint density at radius 2 is 1.87 bits per heavy atom. The van der Waals surface area contributed by atoms with Crippen molar-refractivity contribution in [2.24, 2.45) is 5.92 Å². The molecule has 1 unspecified atom stereocenters. The molecule has 1 aromatic rings. The molecule has 0 aromatic heterocycles. The van der Waals surface area contributed by atoms with E-state index in [0.717, 1.165) is 12.1 Å². The SMILES string of the molecule is CC(C)C(=S)NCC1CN(c2cc(F)c(N3CCN(CCF)CC3)c(F)c2)C(=O)O1. The number of rotatable bonds is 7. The Labute approximate surface area is 179 Å². The van der Waals surface area contributed by atoms with Crippen LogP contribution in [0.4, 0.5) is 29.3 Å². The minimum absolute atomic E-state index is 0.115. The highest BCUT2D eigenvalue weighted by Crippen LogP contribution is 2.31. The van der Waals surface area contributed by atoms with Gasteiger partial charge in [0.25, 0.3) is 0 Å². The number of cyclic esters (lactones) is 1. The van der Waals surface area contributed by atoms with Gasteiger partial charge in [-0.15, -0.1) is 0 Å². The summed E-state index contributed by atoms with van der Waals surface area (Å²) in [7, 11) is 0. The fourth-order valence-corrected chi connectivity index (χ4v) is 3.67. The van der Waals surface area contributed by atoms with Gasteiger partial charge in [0.2, 0.25) is 0 Å². The zero-order valence-corrected chi connectivity index (χ0v) is 18.0. The van der Waals surface area contributed by atoms with Gasteiger partial charge < -0.3 is 15.0 Å². The van der Waals surface area contributed by atoms with E-state index in [2.05, 4.69) is 5.32 Å². The topological polar surface area (TPSA) is 48.0 Å². The summed E-state index contributed by atoms with van der Waals surface area (Å²) in [4.78, 5) is 17.6. The number of ether oxygens (including phenoxy) is 1. The average molecular weight is 445 g/mol. The van der Waals surface area contributed by atoms with Crippen molar-refractivity contribution in [1.29, 1.82) is 0 Å². The number of nitrogens with one attached hydrogen (secondary N) is 1. The summed E-state index contributed by atoms with van der Waals surface area (Å²) >= 11 is 5.21. The van der Waals surface area contributed by atoms with E-state index in [1.54, 1.807) is 4.90 Å². The number of nitrogens with zero attached hydrogens (tertiary/aromatic N) is 3. The molecule has 2 fully saturated rings. The third-order valence-corrected chi connectivity index (χ3v) is 5.92. The van der Waals surface area contributed by atoms with Crippen molar-refractivity contribution < 1.29 is 22.7 Å². The lowest BCUT2D eigenvalue weighted by Crippen LogP contribution is -2.47. The predicted molar refractivity (Wildman–Crippen MR) is 114 cm³/mol. The molecule has 0 spiro atoms. The molecule has 2 heterocycles. The van der Waals surface area contributed by atoms with E-state index in [9.17, 15) is 18.0 Å². The number of hydrogen-bond donors (Lipinski definition) is 1. The maximum Gasteiger partial charge on any atom is 0.414 e. The quantitative estimate of drug-likeness (QED) is 0.653. The Balaban J connectivity index is 1.66. The molecular formula is C20H27F3N4O2S. The number of carbonyl (C=O) groups excluding carboxylic acids is 1. The number of halogens is 3. The van der Waals surface area contributed by atoms with Gasteiger partial charge in [-0.05, 0) is 0 Å². The summed E-state index contributed by atoms with van der Waals surface area (Å²) in [6, 6.07) is 2.31. The van der Waals surface area contributed by atoms with Gasteiger partial charge >= 0.3 is 6.09 Å². The highest BCUT2D eigenvalue weighted by atomic mass is 32.1. The molecule has 1 aromatic carbocycles. The molecule has 1 N–H and O–H groups in total. The third kappa shape index (κ3) is 5.15. The molecule has 2 aliphatic heterocycles. The van der Waals surface area contributed by atoms with E-state index in [1.807, 2.05) is 18.7 Å². The van der Waals surface area contributed by atoms with Crippen molar-refractivity contribution in [3.8, 4) is 0 Å². The number of hydrogen-bond acceptors (Lipinski definition) is 5. The summed E-state index contributed by atoms with van der Waals surface area (Å²) in [5, 5.41) is 3.05. The Morgan fingerprint density at radius 1 is 1.23 bits per heavy atom. The van der Waals surface area contributed by atoms with Crippen LogP contribution in [0.3, 0.4) is 0 Å². The number of benzene rings is 1. The van der Waals surface area contributed by atoms with Gasteiger partial charge in [0.15, 0.2) is 11.6 Å². The van der Waals surface area contributed by atoms with E-state index in [4.69, 9.17) is 17.0 Å². The summed E-state index contributed by atoms with van der Waals surface area (Å²) < 4.78 is 47.4. The molecule has 2 saturated heterocycles. The van der Waals surface area contributed by atoms with E-state index >= 15 is 0 Å². The second kappa shape index (κ2) is 9.82. The lowest BCUT2D eigenvalue weighted by Gasteiger charge is -2.36. The Kier molecular flexibility index (Phi) is 7.41. The van der Waals surface area contributed by atoms with E-state index in [0.29, 0.717) is 44.3 Å². The predicted octanol–water partition coefficient (Wildman–Crippen LogP) is 2.95. The second-order valence-electron chi connectivity index (χ2n) is 7.79. The van der Waals surface area contributed by atoms with E-state index in [-0.39, 0.29) is 23.8 Å². The summed E-state index contributed by atoms with van der Waals surface area (Å²) in [6.45, 7) is 6.19. The van der Waals surface area contributed by atoms with Crippen molar-refractivity contribution in [2.45, 2.75) is 20.0 Å². The molecule has 1 atom stereocenters. The highest BCUT2D eigenvalue weighted by molar-refractivity contribution is 7.80. The fourth-order valence-electron chi connectivity index (χ4n) is 3.58. The van der Waals surface area contributed by atoms with Crippen molar-refractivity contribution >= 4 is 34.7 Å². The van der Waals surface area contributed by atoms with Crippen LogP contribution in [-0.2, 0) is 4.74 Å². The Bertz CT molecular complexity index is 764. The third-order valence-electron chi connectivity index (χ3n) is 5.31. The second-order valence-corrected chi connectivity index (χ2v) is 8.23. The van der Waals surface area contributed by atoms with Crippen LogP contribution < -0.4 is 15.1 Å². The minimum atomic E-state index is -0.737. The summed E-state index contributed by atoms with van der Waals surface area (Å²) in [5.74, 6) is -1.30. The van der Waals surface area contributed by atoms with Crippen molar-refractivity contribution in [3.63, 3.8) is 0 Å². The monoisotopic (exact) mass is 444 g/mol. The van der Waals surface area contributed by atoms with Gasteiger partial charge in [-0.2, -0.15) is 0 Å². The molecule has 30 heavy (non-hydrogen) atoms. The van der Waals surface area contributed by atoms with Crippen molar-refractivity contribution in [2.75, 3.05) is 62.3 Å². The highest BCUT2D eigenvalue weighted by Gasteiger charge is 2.34. The number of alkyl halides is 1. The van der Waals surface area contributed by atoms with Crippen LogP contribution in [0.25, 0.3) is 0 Å². The minimum Gasteiger partial charge on any atom is -0.442 e. The van der Waals surface area contributed by atoms with Crippen LogP contribution in [0.1, 0.15) is 13.8 Å². The lowest BCUT2D eigenvalue weighted by atomic mass is 10.2. The van der Waals surface area contributed by atoms with Gasteiger partial charge in [-0.3, -0.25) is 9.80 Å². The fraction of sp³-hybridized carbons (Fsp3) is 0.600. The zero-order valence-electron chi connectivity index (χ0n) is 17.2. The molecule has 1 amide bonds. The first-order valence-corrected chi connectivity index (χ1v) is 10.5. The normalized spacial score (nSPS) is 20.1. The lowest BCUT2D eigenvalue weighted by molar-refractivity contribution is 0.143. The number of piperazine rings is 1. The maximum absolute atomic E-state index is 14.8. The van der Waals surface area contributed by atoms with Gasteiger partial charge in [-0.1, -0.05) is 26.1 Å². The standard InChI is InChI=1S/C20H27F3N4O2S/c1-13(2)19(30)24-11-15-12-27(20(28)29-15)14-9-16(22)18(17(23)10-14)26-7-5-25(4-3-21)6-8-26/h9-10,13,15H,3-8,11-12H2,1-2H3,(H,24,30). The molecule has 166 valence electrons. The van der Waals surface area contributed by atoms with Gasteiger partial charge in [-0.25, -0.2) is 18.0 Å². The molecule has 3 rings (SSSR count). The van der Waals surface area contributed by atoms with Crippen molar-refractivity contribution in [1.82, 2.24) is 10.2 Å². The van der Waals surface area contributed by atoms with Crippen LogP contribution in [0.5, 0.6) is 0 Å². The zero-order chi connectivity index (χ0) is 21.8. The molecular weight excluding hydrogens is 417 g/mol. The molecule has 0 saturated carbocycles. The van der Waals surface area contributed by atoms with E-state index in [1.165, 1.54) is 4.90 Å². The molecule has 0 bridgehead atoms. The first kappa shape index (κ1) is 22.6. The molecule has 10 heteroatoms. The number of carbonyl (C=O) groups is 1. The number of thiocarbonyl (C=S) groups is 1. The smallest absolute Gasteiger partial charge is 0.414 e. The Hall–Kier alpha value is -2.07. The van der Waals surface area contributed by atoms with Crippen LogP contribution in [0, 0.1) is 17.6 Å². The van der Waals surface area contributed by atoms with E-state index < -0.39 is 30.5 Å². The van der Waals surface area contributed by atoms with Gasteiger partial charge in [0.1, 0.15) is 18.5 Å². The average Bonchev–Trinajstić information content (AvgIpc) is 3.07. The van der Waals surface area contributed by atoms with Crippen LogP contribution in [-0.4, -0.2) is 74.6 Å². The summed E-state index contributed by atoms with van der Waals surface area (Å²) in [5.41, 5.74) is -0.00420. The number of amides is 1. The molecule has 2 aliphatic rings. The summed E-state index contributed by atoms with van der Waals surface area (Å²) in [6.07, 6.45) is -1.12. The first-order valence-electron chi connectivity index (χ1n) is 10.1. The van der Waals surface area contributed by atoms with Crippen LogP contribution in [0.15, 0.2) is 12.1 Å². The maximum atomic E-state index is 14.8.